The van der Waals surface area contributed by atoms with Crippen LogP contribution in [0.4, 0.5) is 4.39 Å². The van der Waals surface area contributed by atoms with Crippen LogP contribution in [0.5, 0.6) is 0 Å². The number of ether oxygens (including phenoxy) is 1. The molecule has 1 atom stereocenters. The predicted molar refractivity (Wildman–Crippen MR) is 74.0 cm³/mol. The summed E-state index contributed by atoms with van der Waals surface area (Å²) in [5.41, 5.74) is 0.935. The van der Waals surface area contributed by atoms with E-state index in [1.807, 2.05) is 6.07 Å². The van der Waals surface area contributed by atoms with E-state index in [9.17, 15) is 4.39 Å². The fourth-order valence-electron chi connectivity index (χ4n) is 2.57. The Bertz CT molecular complexity index is 406. The maximum atomic E-state index is 13.3. The molecule has 4 heteroatoms. The third-order valence-corrected chi connectivity index (χ3v) is 4.02. The Kier molecular flexibility index (Phi) is 4.41. The molecular formula is C14H19BrFNO. The lowest BCUT2D eigenvalue weighted by atomic mass is 9.94. The summed E-state index contributed by atoms with van der Waals surface area (Å²) < 4.78 is 19.7. The summed E-state index contributed by atoms with van der Waals surface area (Å²) in [7, 11) is 1.77. The van der Waals surface area contributed by atoms with E-state index in [0.717, 1.165) is 42.5 Å². The van der Waals surface area contributed by atoms with Crippen molar-refractivity contribution in [2.24, 2.45) is 0 Å². The Balaban J connectivity index is 2.04. The van der Waals surface area contributed by atoms with Crippen molar-refractivity contribution in [1.82, 2.24) is 4.90 Å². The molecule has 0 aliphatic carbocycles. The third-order valence-electron chi connectivity index (χ3n) is 3.56. The highest BCUT2D eigenvalue weighted by molar-refractivity contribution is 9.10. The fourth-order valence-corrected chi connectivity index (χ4v) is 3.08. The van der Waals surface area contributed by atoms with E-state index in [-0.39, 0.29) is 11.4 Å². The van der Waals surface area contributed by atoms with Gasteiger partial charge in [0.05, 0.1) is 5.60 Å². The quantitative estimate of drug-likeness (QED) is 0.845. The van der Waals surface area contributed by atoms with Gasteiger partial charge in [-0.3, -0.25) is 4.90 Å². The second-order valence-electron chi connectivity index (χ2n) is 5.25. The topological polar surface area (TPSA) is 12.5 Å². The monoisotopic (exact) mass is 315 g/mol. The molecule has 0 aromatic heterocycles. The van der Waals surface area contributed by atoms with Crippen molar-refractivity contribution in [2.75, 3.05) is 20.2 Å². The fraction of sp³-hybridized carbons (Fsp3) is 0.571. The normalized spacial score (nSPS) is 25.3. The van der Waals surface area contributed by atoms with Gasteiger partial charge in [0.2, 0.25) is 0 Å². The minimum atomic E-state index is -0.189. The molecular weight excluding hydrogens is 297 g/mol. The lowest BCUT2D eigenvalue weighted by molar-refractivity contribution is -0.0527. The van der Waals surface area contributed by atoms with E-state index in [0.29, 0.717) is 0 Å². The second-order valence-corrected chi connectivity index (χ2v) is 6.16. The Morgan fingerprint density at radius 2 is 2.22 bits per heavy atom. The van der Waals surface area contributed by atoms with Gasteiger partial charge < -0.3 is 4.74 Å². The number of hydrogen-bond donors (Lipinski definition) is 0. The molecule has 2 nitrogen and oxygen atoms in total. The Morgan fingerprint density at radius 1 is 1.44 bits per heavy atom. The van der Waals surface area contributed by atoms with Crippen LogP contribution >= 0.6 is 15.9 Å². The molecule has 1 unspecified atom stereocenters. The van der Waals surface area contributed by atoms with Gasteiger partial charge >= 0.3 is 0 Å². The molecule has 1 saturated heterocycles. The first-order chi connectivity index (χ1) is 8.50. The summed E-state index contributed by atoms with van der Waals surface area (Å²) in [6.45, 7) is 4.86. The Morgan fingerprint density at radius 3 is 2.89 bits per heavy atom. The van der Waals surface area contributed by atoms with Crippen LogP contribution in [-0.2, 0) is 11.3 Å². The SMILES string of the molecule is COC1(C)CCCN(Cc2cc(F)cc(Br)c2)C1. The van der Waals surface area contributed by atoms with E-state index in [4.69, 9.17) is 4.74 Å². The van der Waals surface area contributed by atoms with Gasteiger partial charge in [-0.15, -0.1) is 0 Å². The van der Waals surface area contributed by atoms with Gasteiger partial charge in [0.15, 0.2) is 0 Å². The summed E-state index contributed by atoms with van der Waals surface area (Å²) >= 11 is 3.33. The molecule has 0 N–H and O–H groups in total. The second kappa shape index (κ2) is 5.68. The zero-order valence-corrected chi connectivity index (χ0v) is 12.5. The number of likely N-dealkylation sites (tertiary alicyclic amines) is 1. The highest BCUT2D eigenvalue weighted by atomic mass is 79.9. The number of methoxy groups -OCH3 is 1. The number of piperidine rings is 1. The van der Waals surface area contributed by atoms with E-state index >= 15 is 0 Å². The maximum Gasteiger partial charge on any atom is 0.124 e. The highest BCUT2D eigenvalue weighted by Crippen LogP contribution is 2.25. The molecule has 1 aliphatic rings. The van der Waals surface area contributed by atoms with Gasteiger partial charge in [0, 0.05) is 24.7 Å². The molecule has 1 aromatic rings. The summed E-state index contributed by atoms with van der Waals surface area (Å²) in [6, 6.07) is 5.06. The van der Waals surface area contributed by atoms with Gasteiger partial charge in [-0.05, 0) is 50.1 Å². The number of benzene rings is 1. The molecule has 0 radical (unpaired) electrons. The van der Waals surface area contributed by atoms with Crippen molar-refractivity contribution < 1.29 is 9.13 Å². The summed E-state index contributed by atoms with van der Waals surface area (Å²) in [6.07, 6.45) is 2.22. The van der Waals surface area contributed by atoms with Gasteiger partial charge in [-0.2, -0.15) is 0 Å². The van der Waals surface area contributed by atoms with Crippen molar-refractivity contribution >= 4 is 15.9 Å². The predicted octanol–water partition coefficient (Wildman–Crippen LogP) is 3.59. The molecule has 0 amide bonds. The first kappa shape index (κ1) is 14.0. The average Bonchev–Trinajstić information content (AvgIpc) is 2.27. The lowest BCUT2D eigenvalue weighted by Crippen LogP contribution is -2.46. The molecule has 1 heterocycles. The highest BCUT2D eigenvalue weighted by Gasteiger charge is 2.30. The van der Waals surface area contributed by atoms with Crippen LogP contribution in [0.25, 0.3) is 0 Å². The first-order valence-electron chi connectivity index (χ1n) is 6.23. The van der Waals surface area contributed by atoms with Gasteiger partial charge in [0.1, 0.15) is 5.82 Å². The summed E-state index contributed by atoms with van der Waals surface area (Å²) in [5, 5.41) is 0. The van der Waals surface area contributed by atoms with E-state index in [1.54, 1.807) is 13.2 Å². The van der Waals surface area contributed by atoms with Crippen LogP contribution < -0.4 is 0 Å². The zero-order chi connectivity index (χ0) is 13.2. The minimum Gasteiger partial charge on any atom is -0.377 e. The van der Waals surface area contributed by atoms with Crippen molar-refractivity contribution in [3.8, 4) is 0 Å². The molecule has 0 bridgehead atoms. The Labute approximate surface area is 116 Å². The van der Waals surface area contributed by atoms with Crippen molar-refractivity contribution in [1.29, 1.82) is 0 Å². The van der Waals surface area contributed by atoms with Gasteiger partial charge in [-0.1, -0.05) is 15.9 Å². The van der Waals surface area contributed by atoms with Crippen molar-refractivity contribution in [3.05, 3.63) is 34.1 Å². The van der Waals surface area contributed by atoms with E-state index in [2.05, 4.69) is 27.8 Å². The molecule has 0 saturated carbocycles. The van der Waals surface area contributed by atoms with Crippen LogP contribution in [0.1, 0.15) is 25.3 Å². The Hall–Kier alpha value is -0.450. The van der Waals surface area contributed by atoms with Crippen LogP contribution in [-0.4, -0.2) is 30.7 Å². The maximum absolute atomic E-state index is 13.3. The molecule has 1 aliphatic heterocycles. The van der Waals surface area contributed by atoms with Crippen molar-refractivity contribution in [2.45, 2.75) is 31.9 Å². The van der Waals surface area contributed by atoms with Gasteiger partial charge in [0.25, 0.3) is 0 Å². The number of halogens is 2. The van der Waals surface area contributed by atoms with Crippen LogP contribution in [0.15, 0.2) is 22.7 Å². The number of nitrogens with zero attached hydrogens (tertiary/aromatic N) is 1. The number of rotatable bonds is 3. The largest absolute Gasteiger partial charge is 0.377 e. The van der Waals surface area contributed by atoms with Crippen LogP contribution in [0.2, 0.25) is 0 Å². The standard InChI is InChI=1S/C14H19BrFNO/c1-14(18-2)4-3-5-17(10-14)9-11-6-12(15)8-13(16)7-11/h6-8H,3-5,9-10H2,1-2H3. The average molecular weight is 316 g/mol. The van der Waals surface area contributed by atoms with Gasteiger partial charge in [-0.25, -0.2) is 4.39 Å². The number of hydrogen-bond acceptors (Lipinski definition) is 2. The van der Waals surface area contributed by atoms with Crippen LogP contribution in [0, 0.1) is 5.82 Å². The zero-order valence-electron chi connectivity index (χ0n) is 10.9. The first-order valence-corrected chi connectivity index (χ1v) is 7.02. The lowest BCUT2D eigenvalue weighted by Gasteiger charge is -2.39. The smallest absolute Gasteiger partial charge is 0.124 e. The van der Waals surface area contributed by atoms with E-state index in [1.165, 1.54) is 6.07 Å². The third kappa shape index (κ3) is 3.53. The van der Waals surface area contributed by atoms with Crippen molar-refractivity contribution in [3.63, 3.8) is 0 Å². The molecule has 1 fully saturated rings. The molecule has 18 heavy (non-hydrogen) atoms. The molecule has 2 rings (SSSR count). The molecule has 0 spiro atoms. The summed E-state index contributed by atoms with van der Waals surface area (Å²) in [4.78, 5) is 2.33. The summed E-state index contributed by atoms with van der Waals surface area (Å²) in [5.74, 6) is -0.189. The molecule has 100 valence electrons. The molecule has 1 aromatic carbocycles. The van der Waals surface area contributed by atoms with E-state index < -0.39 is 0 Å². The minimum absolute atomic E-state index is 0.0667. The van der Waals surface area contributed by atoms with Crippen LogP contribution in [0.3, 0.4) is 0 Å².